The van der Waals surface area contributed by atoms with Crippen LogP contribution in [0.4, 0.5) is 11.4 Å². The Bertz CT molecular complexity index is 1190. The third kappa shape index (κ3) is 4.49. The van der Waals surface area contributed by atoms with Crippen molar-refractivity contribution in [2.24, 2.45) is 0 Å². The smallest absolute Gasteiger partial charge is 0.255 e. The van der Waals surface area contributed by atoms with Gasteiger partial charge in [0.2, 0.25) is 0 Å². The van der Waals surface area contributed by atoms with Crippen molar-refractivity contribution in [1.29, 1.82) is 0 Å². The van der Waals surface area contributed by atoms with Gasteiger partial charge < -0.3 is 11.1 Å². The Balaban J connectivity index is 1.49. The summed E-state index contributed by atoms with van der Waals surface area (Å²) in [6, 6.07) is 25.7. The number of aromatic nitrogens is 1. The van der Waals surface area contributed by atoms with E-state index in [4.69, 9.17) is 5.73 Å². The number of nitrogens with one attached hydrogen (secondary N) is 1. The van der Waals surface area contributed by atoms with E-state index in [2.05, 4.69) is 34.6 Å². The Morgan fingerprint density at radius 2 is 1.70 bits per heavy atom. The van der Waals surface area contributed by atoms with Gasteiger partial charge in [-0.05, 0) is 67.6 Å². The van der Waals surface area contributed by atoms with Gasteiger partial charge in [-0.3, -0.25) is 9.78 Å². The molecule has 0 aliphatic rings. The van der Waals surface area contributed by atoms with Gasteiger partial charge in [0.05, 0.1) is 5.52 Å². The topological polar surface area (TPSA) is 68.0 Å². The number of amides is 1. The Hall–Kier alpha value is -3.66. The third-order valence-electron chi connectivity index (χ3n) is 5.24. The highest BCUT2D eigenvalue weighted by Gasteiger charge is 2.12. The van der Waals surface area contributed by atoms with Crippen molar-refractivity contribution < 1.29 is 4.79 Å². The number of nitrogens with two attached hydrogens (primary N) is 1. The van der Waals surface area contributed by atoms with Gasteiger partial charge in [-0.1, -0.05) is 48.5 Å². The van der Waals surface area contributed by atoms with E-state index in [1.54, 1.807) is 0 Å². The predicted octanol–water partition coefficient (Wildman–Crippen LogP) is 5.55. The number of benzene rings is 3. The Kier molecular flexibility index (Phi) is 5.75. The standard InChI is InChI=1S/C26H25N3O/c1-18-16-24(27)23-17-21(14-15-25(23)28-18)29-26(30)22-13-6-5-11-20(22)12-7-10-19-8-3-2-4-9-19/h2-6,8-9,11,13-17H,7,10,12H2,1H3,(H2,27,28)(H,29,30). The van der Waals surface area contributed by atoms with Crippen molar-refractivity contribution in [3.63, 3.8) is 0 Å². The number of carbonyl (C=O) groups is 1. The van der Waals surface area contributed by atoms with E-state index in [1.165, 1.54) is 5.56 Å². The van der Waals surface area contributed by atoms with Crippen molar-refractivity contribution in [3.8, 4) is 0 Å². The molecule has 1 aromatic heterocycles. The van der Waals surface area contributed by atoms with Gasteiger partial charge in [0.25, 0.3) is 5.91 Å². The lowest BCUT2D eigenvalue weighted by molar-refractivity contribution is 0.102. The summed E-state index contributed by atoms with van der Waals surface area (Å²) >= 11 is 0. The summed E-state index contributed by atoms with van der Waals surface area (Å²) < 4.78 is 0. The quantitative estimate of drug-likeness (QED) is 0.449. The second-order valence-electron chi connectivity index (χ2n) is 7.54. The molecule has 3 N–H and O–H groups in total. The van der Waals surface area contributed by atoms with Crippen molar-refractivity contribution in [3.05, 3.63) is 101 Å². The fourth-order valence-corrected chi connectivity index (χ4v) is 3.75. The Labute approximate surface area is 176 Å². The Morgan fingerprint density at radius 1 is 0.933 bits per heavy atom. The lowest BCUT2D eigenvalue weighted by Gasteiger charge is -2.12. The van der Waals surface area contributed by atoms with E-state index in [0.717, 1.165) is 41.4 Å². The van der Waals surface area contributed by atoms with Crippen LogP contribution in [0.15, 0.2) is 78.9 Å². The molecule has 0 aliphatic heterocycles. The van der Waals surface area contributed by atoms with Crippen LogP contribution in [0.1, 0.15) is 33.6 Å². The number of carbonyl (C=O) groups excluding carboxylic acids is 1. The predicted molar refractivity (Wildman–Crippen MR) is 124 cm³/mol. The molecule has 0 fully saturated rings. The number of anilines is 2. The molecule has 0 radical (unpaired) electrons. The van der Waals surface area contributed by atoms with Crippen LogP contribution in [-0.4, -0.2) is 10.9 Å². The first-order valence-corrected chi connectivity index (χ1v) is 10.2. The minimum atomic E-state index is -0.108. The summed E-state index contributed by atoms with van der Waals surface area (Å²) in [4.78, 5) is 17.5. The molecule has 4 nitrogen and oxygen atoms in total. The first-order chi connectivity index (χ1) is 14.6. The molecule has 4 rings (SSSR count). The molecule has 1 amide bonds. The average molecular weight is 396 g/mol. The maximum absolute atomic E-state index is 13.0. The van der Waals surface area contributed by atoms with E-state index < -0.39 is 0 Å². The second-order valence-corrected chi connectivity index (χ2v) is 7.54. The van der Waals surface area contributed by atoms with Crippen LogP contribution in [0.25, 0.3) is 10.9 Å². The fourth-order valence-electron chi connectivity index (χ4n) is 3.75. The second kappa shape index (κ2) is 8.78. The maximum atomic E-state index is 13.0. The number of pyridine rings is 1. The van der Waals surface area contributed by atoms with Crippen LogP contribution in [0, 0.1) is 6.92 Å². The van der Waals surface area contributed by atoms with Crippen molar-refractivity contribution in [1.82, 2.24) is 4.98 Å². The summed E-state index contributed by atoms with van der Waals surface area (Å²) in [6.45, 7) is 1.92. The van der Waals surface area contributed by atoms with Gasteiger partial charge in [0, 0.05) is 28.0 Å². The van der Waals surface area contributed by atoms with Gasteiger partial charge in [-0.15, -0.1) is 0 Å². The summed E-state index contributed by atoms with van der Waals surface area (Å²) in [5.74, 6) is -0.108. The van der Waals surface area contributed by atoms with Crippen LogP contribution < -0.4 is 11.1 Å². The lowest BCUT2D eigenvalue weighted by atomic mass is 9.99. The molecule has 4 heteroatoms. The average Bonchev–Trinajstić information content (AvgIpc) is 2.75. The summed E-state index contributed by atoms with van der Waals surface area (Å²) in [5.41, 5.74) is 12.3. The molecule has 3 aromatic carbocycles. The van der Waals surface area contributed by atoms with Crippen LogP contribution in [0.3, 0.4) is 0 Å². The number of nitrogens with zero attached hydrogens (tertiary/aromatic N) is 1. The van der Waals surface area contributed by atoms with Crippen molar-refractivity contribution in [2.45, 2.75) is 26.2 Å². The largest absolute Gasteiger partial charge is 0.398 e. The zero-order valence-electron chi connectivity index (χ0n) is 17.1. The van der Waals surface area contributed by atoms with E-state index in [9.17, 15) is 4.79 Å². The molecule has 0 spiro atoms. The van der Waals surface area contributed by atoms with Gasteiger partial charge >= 0.3 is 0 Å². The molecule has 0 aliphatic carbocycles. The van der Waals surface area contributed by atoms with E-state index in [-0.39, 0.29) is 5.91 Å². The number of hydrogen-bond acceptors (Lipinski definition) is 3. The van der Waals surface area contributed by atoms with Crippen LogP contribution in [0.5, 0.6) is 0 Å². The molecular formula is C26H25N3O. The molecule has 30 heavy (non-hydrogen) atoms. The van der Waals surface area contributed by atoms with Gasteiger partial charge in [0.1, 0.15) is 0 Å². The van der Waals surface area contributed by atoms with E-state index in [0.29, 0.717) is 16.9 Å². The van der Waals surface area contributed by atoms with Crippen molar-refractivity contribution >= 4 is 28.2 Å². The molecule has 150 valence electrons. The van der Waals surface area contributed by atoms with E-state index >= 15 is 0 Å². The van der Waals surface area contributed by atoms with E-state index in [1.807, 2.05) is 61.5 Å². The summed E-state index contributed by atoms with van der Waals surface area (Å²) in [7, 11) is 0. The number of aryl methyl sites for hydroxylation is 3. The van der Waals surface area contributed by atoms with Gasteiger partial charge in [-0.2, -0.15) is 0 Å². The van der Waals surface area contributed by atoms with Crippen molar-refractivity contribution in [2.75, 3.05) is 11.1 Å². The van der Waals surface area contributed by atoms with Crippen LogP contribution >= 0.6 is 0 Å². The maximum Gasteiger partial charge on any atom is 0.255 e. The molecule has 0 unspecified atom stereocenters. The van der Waals surface area contributed by atoms with Gasteiger partial charge in [0.15, 0.2) is 0 Å². The highest BCUT2D eigenvalue weighted by molar-refractivity contribution is 6.06. The monoisotopic (exact) mass is 395 g/mol. The zero-order valence-corrected chi connectivity index (χ0v) is 17.1. The molecular weight excluding hydrogens is 370 g/mol. The zero-order chi connectivity index (χ0) is 20.9. The first kappa shape index (κ1) is 19.6. The highest BCUT2D eigenvalue weighted by Crippen LogP contribution is 2.25. The number of nitrogen functional groups attached to an aromatic ring is 1. The Morgan fingerprint density at radius 3 is 2.53 bits per heavy atom. The lowest BCUT2D eigenvalue weighted by Crippen LogP contribution is -2.14. The first-order valence-electron chi connectivity index (χ1n) is 10.2. The van der Waals surface area contributed by atoms with Crippen LogP contribution in [-0.2, 0) is 12.8 Å². The number of hydrogen-bond donors (Lipinski definition) is 2. The molecule has 0 saturated heterocycles. The molecule has 0 saturated carbocycles. The number of rotatable bonds is 6. The summed E-state index contributed by atoms with van der Waals surface area (Å²) in [6.07, 6.45) is 2.84. The minimum absolute atomic E-state index is 0.108. The number of fused-ring (bicyclic) bond motifs is 1. The molecule has 0 bridgehead atoms. The third-order valence-corrected chi connectivity index (χ3v) is 5.24. The SMILES string of the molecule is Cc1cc(N)c2cc(NC(=O)c3ccccc3CCCc3ccccc3)ccc2n1. The molecule has 4 aromatic rings. The normalized spacial score (nSPS) is 10.8. The molecule has 1 heterocycles. The van der Waals surface area contributed by atoms with Gasteiger partial charge in [-0.25, -0.2) is 0 Å². The molecule has 0 atom stereocenters. The summed E-state index contributed by atoms with van der Waals surface area (Å²) in [5, 5.41) is 3.86. The fraction of sp³-hybridized carbons (Fsp3) is 0.154. The van der Waals surface area contributed by atoms with Crippen LogP contribution in [0.2, 0.25) is 0 Å². The highest BCUT2D eigenvalue weighted by atomic mass is 16.1. The minimum Gasteiger partial charge on any atom is -0.398 e.